The van der Waals surface area contributed by atoms with Crippen molar-refractivity contribution < 1.29 is 24.5 Å². The van der Waals surface area contributed by atoms with Gasteiger partial charge in [-0.25, -0.2) is 9.78 Å². The maximum Gasteiger partial charge on any atom is 0.335 e. The highest BCUT2D eigenvalue weighted by atomic mass is 35.5. The molecule has 3 heterocycles. The van der Waals surface area contributed by atoms with Crippen molar-refractivity contribution in [2.24, 2.45) is 0 Å². The quantitative estimate of drug-likeness (QED) is 0.236. The van der Waals surface area contributed by atoms with Crippen LogP contribution in [-0.2, 0) is 12.0 Å². The fraction of sp³-hybridized carbons (Fsp3) is 0.235. The van der Waals surface area contributed by atoms with Crippen LogP contribution in [0, 0.1) is 0 Å². The lowest BCUT2D eigenvalue weighted by atomic mass is 9.84. The second-order valence-corrected chi connectivity index (χ2v) is 11.1. The summed E-state index contributed by atoms with van der Waals surface area (Å²) in [4.78, 5) is 18.1. The van der Waals surface area contributed by atoms with Crippen molar-refractivity contribution in [3.63, 3.8) is 0 Å². The normalized spacial score (nSPS) is 17.0. The fourth-order valence-corrected chi connectivity index (χ4v) is 5.73. The van der Waals surface area contributed by atoms with Crippen LogP contribution in [0.15, 0.2) is 91.1 Å². The number of benzene rings is 3. The summed E-state index contributed by atoms with van der Waals surface area (Å²) in [5.41, 5.74) is 3.25. The van der Waals surface area contributed by atoms with E-state index < -0.39 is 11.6 Å². The van der Waals surface area contributed by atoms with E-state index in [9.17, 15) is 15.0 Å². The minimum Gasteiger partial charge on any atom is -0.478 e. The molecule has 7 nitrogen and oxygen atoms in total. The summed E-state index contributed by atoms with van der Waals surface area (Å²) in [5.74, 6) is 1.44. The molecule has 2 N–H and O–H groups in total. The van der Waals surface area contributed by atoms with Crippen molar-refractivity contribution in [2.45, 2.75) is 31.3 Å². The third kappa shape index (κ3) is 6.04. The highest BCUT2D eigenvalue weighted by molar-refractivity contribution is 6.30. The van der Waals surface area contributed by atoms with Crippen LogP contribution in [0.3, 0.4) is 0 Å². The molecule has 1 aromatic heterocycles. The Morgan fingerprint density at radius 1 is 1.02 bits per heavy atom. The van der Waals surface area contributed by atoms with Gasteiger partial charge in [0, 0.05) is 48.4 Å². The van der Waals surface area contributed by atoms with Crippen LogP contribution >= 0.6 is 11.6 Å². The standard InChI is InChI=1S/C34H31ClN2O5/c35-26-12-10-25(11-13-26)34(40)16-20-37(21-17-34)19-3-4-24-22-29-30(41-27-14-8-23(9-15-27)33(38)39)6-1-7-31(29)42-32-28(24)5-2-18-36-32/h1-2,4-15,18,40H,3,16-17,19-22H2,(H,38,39)/b24-4-. The Morgan fingerprint density at radius 3 is 2.52 bits per heavy atom. The summed E-state index contributed by atoms with van der Waals surface area (Å²) in [6.45, 7) is 2.49. The molecule has 0 spiro atoms. The van der Waals surface area contributed by atoms with Gasteiger partial charge in [0.25, 0.3) is 0 Å². The second-order valence-electron chi connectivity index (χ2n) is 10.7. The molecular formula is C34H31ClN2O5. The van der Waals surface area contributed by atoms with Crippen molar-refractivity contribution in [1.29, 1.82) is 0 Å². The zero-order chi connectivity index (χ0) is 29.1. The molecular weight excluding hydrogens is 552 g/mol. The second kappa shape index (κ2) is 12.0. The van der Waals surface area contributed by atoms with E-state index in [1.165, 1.54) is 12.1 Å². The van der Waals surface area contributed by atoms with Gasteiger partial charge in [-0.15, -0.1) is 0 Å². The lowest BCUT2D eigenvalue weighted by Crippen LogP contribution is -2.42. The van der Waals surface area contributed by atoms with Gasteiger partial charge in [0.2, 0.25) is 5.88 Å². The first-order chi connectivity index (χ1) is 20.4. The predicted molar refractivity (Wildman–Crippen MR) is 162 cm³/mol. The number of allylic oxidation sites excluding steroid dienone is 1. The summed E-state index contributed by atoms with van der Waals surface area (Å²) in [5, 5.41) is 21.1. The van der Waals surface area contributed by atoms with Crippen LogP contribution in [0.4, 0.5) is 0 Å². The number of nitrogens with zero attached hydrogens (tertiary/aromatic N) is 2. The molecule has 42 heavy (non-hydrogen) atoms. The number of carbonyl (C=O) groups is 1. The Bertz CT molecular complexity index is 1610. The largest absolute Gasteiger partial charge is 0.478 e. The van der Waals surface area contributed by atoms with Gasteiger partial charge < -0.3 is 24.6 Å². The Morgan fingerprint density at radius 2 is 1.79 bits per heavy atom. The number of halogens is 1. The van der Waals surface area contributed by atoms with Crippen molar-refractivity contribution in [3.05, 3.63) is 118 Å². The van der Waals surface area contributed by atoms with Crippen LogP contribution in [0.5, 0.6) is 23.1 Å². The van der Waals surface area contributed by atoms with E-state index in [-0.39, 0.29) is 5.56 Å². The molecule has 0 radical (unpaired) electrons. The molecule has 6 rings (SSSR count). The minimum atomic E-state index is -0.981. The van der Waals surface area contributed by atoms with Crippen LogP contribution in [0.2, 0.25) is 5.02 Å². The van der Waals surface area contributed by atoms with E-state index in [0.717, 1.165) is 48.3 Å². The van der Waals surface area contributed by atoms with Gasteiger partial charge in [0.05, 0.1) is 11.2 Å². The number of hydrogen-bond donors (Lipinski definition) is 2. The smallest absolute Gasteiger partial charge is 0.335 e. The number of pyridine rings is 1. The molecule has 0 unspecified atom stereocenters. The highest BCUT2D eigenvalue weighted by Crippen LogP contribution is 2.43. The Hall–Kier alpha value is -4.17. The Kier molecular flexibility index (Phi) is 7.98. The molecule has 4 aromatic rings. The van der Waals surface area contributed by atoms with Crippen molar-refractivity contribution in [2.75, 3.05) is 19.6 Å². The molecule has 0 amide bonds. The monoisotopic (exact) mass is 582 g/mol. The van der Waals surface area contributed by atoms with Crippen LogP contribution in [0.1, 0.15) is 46.3 Å². The van der Waals surface area contributed by atoms with Gasteiger partial charge >= 0.3 is 5.97 Å². The first-order valence-corrected chi connectivity index (χ1v) is 14.4. The van der Waals surface area contributed by atoms with Gasteiger partial charge in [-0.3, -0.25) is 0 Å². The molecule has 2 aliphatic rings. The molecule has 214 valence electrons. The van der Waals surface area contributed by atoms with Gasteiger partial charge in [-0.1, -0.05) is 35.9 Å². The Labute approximate surface area is 249 Å². The van der Waals surface area contributed by atoms with Crippen molar-refractivity contribution >= 4 is 23.1 Å². The van der Waals surface area contributed by atoms with Crippen molar-refractivity contribution in [3.8, 4) is 23.1 Å². The summed E-state index contributed by atoms with van der Waals surface area (Å²) < 4.78 is 12.5. The zero-order valence-electron chi connectivity index (χ0n) is 23.0. The molecule has 3 aromatic carbocycles. The zero-order valence-corrected chi connectivity index (χ0v) is 23.8. The van der Waals surface area contributed by atoms with E-state index in [2.05, 4.69) is 16.0 Å². The number of ether oxygens (including phenoxy) is 2. The molecule has 0 atom stereocenters. The maximum atomic E-state index is 11.2. The average molecular weight is 583 g/mol. The number of aliphatic hydroxyl groups is 1. The first-order valence-electron chi connectivity index (χ1n) is 14.0. The predicted octanol–water partition coefficient (Wildman–Crippen LogP) is 7.33. The molecule has 2 aliphatic heterocycles. The van der Waals surface area contributed by atoms with Crippen LogP contribution in [0.25, 0.3) is 5.57 Å². The number of carboxylic acids is 1. The fourth-order valence-electron chi connectivity index (χ4n) is 5.61. The third-order valence-corrected chi connectivity index (χ3v) is 8.26. The summed E-state index contributed by atoms with van der Waals surface area (Å²) >= 11 is 6.04. The molecule has 0 bridgehead atoms. The molecule has 0 aliphatic carbocycles. The van der Waals surface area contributed by atoms with E-state index in [0.29, 0.717) is 47.4 Å². The van der Waals surface area contributed by atoms with Gasteiger partial charge in [-0.2, -0.15) is 0 Å². The number of piperidine rings is 1. The van der Waals surface area contributed by atoms with Crippen LogP contribution < -0.4 is 9.47 Å². The Balaban J connectivity index is 1.18. The number of aromatic nitrogens is 1. The summed E-state index contributed by atoms with van der Waals surface area (Å²) in [6.07, 6.45) is 6.74. The number of fused-ring (bicyclic) bond motifs is 2. The van der Waals surface area contributed by atoms with E-state index >= 15 is 0 Å². The van der Waals surface area contributed by atoms with E-state index in [1.54, 1.807) is 18.3 Å². The number of rotatable bonds is 7. The highest BCUT2D eigenvalue weighted by Gasteiger charge is 2.33. The number of aromatic carboxylic acids is 1. The lowest BCUT2D eigenvalue weighted by Gasteiger charge is -2.38. The van der Waals surface area contributed by atoms with Crippen molar-refractivity contribution in [1.82, 2.24) is 9.88 Å². The number of hydrogen-bond acceptors (Lipinski definition) is 6. The van der Waals surface area contributed by atoms with Gasteiger partial charge in [0.15, 0.2) is 0 Å². The number of carboxylic acid groups (broad SMARTS) is 1. The molecule has 1 saturated heterocycles. The SMILES string of the molecule is O=C(O)c1ccc(Oc2cccc3c2C/C(=C/CCN2CCC(O)(c4ccc(Cl)cc4)CC2)c2cccnc2O3)cc1. The average Bonchev–Trinajstić information content (AvgIpc) is 3.16. The molecule has 1 fully saturated rings. The van der Waals surface area contributed by atoms with Crippen LogP contribution in [-0.4, -0.2) is 45.7 Å². The lowest BCUT2D eigenvalue weighted by molar-refractivity contribution is -0.0254. The minimum absolute atomic E-state index is 0.202. The number of likely N-dealkylation sites (tertiary alicyclic amines) is 1. The summed E-state index contributed by atoms with van der Waals surface area (Å²) in [7, 11) is 0. The molecule has 8 heteroatoms. The third-order valence-electron chi connectivity index (χ3n) is 8.01. The van der Waals surface area contributed by atoms with E-state index in [4.69, 9.17) is 21.1 Å². The van der Waals surface area contributed by atoms with Gasteiger partial charge in [-0.05, 0) is 91.1 Å². The summed E-state index contributed by atoms with van der Waals surface area (Å²) in [6, 6.07) is 23.5. The maximum absolute atomic E-state index is 11.2. The topological polar surface area (TPSA) is 92.1 Å². The molecule has 0 saturated carbocycles. The first kappa shape index (κ1) is 28.0. The van der Waals surface area contributed by atoms with E-state index in [1.807, 2.05) is 54.6 Å². The van der Waals surface area contributed by atoms with Gasteiger partial charge in [0.1, 0.15) is 17.2 Å².